The maximum absolute atomic E-state index is 12.9. The van der Waals surface area contributed by atoms with Crippen LogP contribution in [0.3, 0.4) is 0 Å². The molecule has 0 saturated heterocycles. The van der Waals surface area contributed by atoms with Crippen LogP contribution >= 0.6 is 0 Å². The van der Waals surface area contributed by atoms with Crippen molar-refractivity contribution in [2.75, 3.05) is 12.0 Å². The molecular formula is C18H20F3N5O4. The molecule has 0 aliphatic carbocycles. The number of carbonyl (C=O) groups excluding carboxylic acids is 1. The molecule has 0 atom stereocenters. The van der Waals surface area contributed by atoms with Crippen molar-refractivity contribution in [1.82, 2.24) is 15.4 Å². The van der Waals surface area contributed by atoms with E-state index in [4.69, 9.17) is 20.1 Å². The Morgan fingerprint density at radius 2 is 1.80 bits per heavy atom. The third kappa shape index (κ3) is 5.35. The highest BCUT2D eigenvalue weighted by atomic mass is 19.4. The van der Waals surface area contributed by atoms with Crippen molar-refractivity contribution in [1.29, 1.82) is 5.41 Å². The summed E-state index contributed by atoms with van der Waals surface area (Å²) < 4.78 is 49.0. The lowest BCUT2D eigenvalue weighted by atomic mass is 10.2. The number of carbonyl (C=O) groups is 1. The Kier molecular flexibility index (Phi) is 6.50. The lowest BCUT2D eigenvalue weighted by Crippen LogP contribution is -2.36. The van der Waals surface area contributed by atoms with Crippen LogP contribution in [0.25, 0.3) is 0 Å². The van der Waals surface area contributed by atoms with E-state index >= 15 is 0 Å². The molecule has 0 unspecified atom stereocenters. The molecule has 0 saturated carbocycles. The second kappa shape index (κ2) is 8.53. The molecule has 0 spiro atoms. The van der Waals surface area contributed by atoms with Gasteiger partial charge in [0.2, 0.25) is 5.88 Å². The zero-order chi connectivity index (χ0) is 22.7. The molecule has 1 aromatic heterocycles. The highest BCUT2D eigenvalue weighted by Gasteiger charge is 2.33. The predicted molar refractivity (Wildman–Crippen MR) is 100 cm³/mol. The number of alkyl halides is 3. The summed E-state index contributed by atoms with van der Waals surface area (Å²) in [6, 6.07) is 3.69. The van der Waals surface area contributed by atoms with E-state index in [2.05, 4.69) is 9.97 Å². The quantitative estimate of drug-likeness (QED) is 0.385. The third-order valence-corrected chi connectivity index (χ3v) is 3.53. The van der Waals surface area contributed by atoms with Gasteiger partial charge < -0.3 is 9.47 Å². The minimum absolute atomic E-state index is 0.0229. The van der Waals surface area contributed by atoms with Crippen LogP contribution < -0.4 is 15.1 Å². The van der Waals surface area contributed by atoms with Crippen molar-refractivity contribution in [2.24, 2.45) is 0 Å². The molecule has 0 aliphatic rings. The fraction of sp³-hybridized carbons (Fsp3) is 0.333. The molecule has 0 fully saturated rings. The van der Waals surface area contributed by atoms with Gasteiger partial charge in [-0.05, 0) is 45.0 Å². The Morgan fingerprint density at radius 3 is 2.27 bits per heavy atom. The van der Waals surface area contributed by atoms with E-state index in [1.54, 1.807) is 26.3 Å². The van der Waals surface area contributed by atoms with Crippen LogP contribution in [0.2, 0.25) is 0 Å². The average Bonchev–Trinajstić information content (AvgIpc) is 2.66. The Labute approximate surface area is 169 Å². The molecular weight excluding hydrogens is 407 g/mol. The van der Waals surface area contributed by atoms with Crippen molar-refractivity contribution < 1.29 is 32.6 Å². The smallest absolute Gasteiger partial charge is 0.420 e. The van der Waals surface area contributed by atoms with E-state index in [0.717, 1.165) is 35.4 Å². The second-order valence-electron chi connectivity index (χ2n) is 6.93. The third-order valence-electron chi connectivity index (χ3n) is 3.53. The van der Waals surface area contributed by atoms with E-state index in [1.165, 1.54) is 7.11 Å². The van der Waals surface area contributed by atoms with Gasteiger partial charge in [0.1, 0.15) is 5.60 Å². The van der Waals surface area contributed by atoms with Gasteiger partial charge in [-0.2, -0.15) is 13.2 Å². The number of anilines is 2. The number of hydrogen-bond acceptors (Lipinski definition) is 7. The van der Waals surface area contributed by atoms with Crippen molar-refractivity contribution in [2.45, 2.75) is 32.5 Å². The molecule has 1 amide bonds. The van der Waals surface area contributed by atoms with Crippen molar-refractivity contribution >= 4 is 23.4 Å². The minimum atomic E-state index is -4.57. The lowest BCUT2D eigenvalue weighted by molar-refractivity contribution is -0.137. The lowest BCUT2D eigenvalue weighted by Gasteiger charge is -2.28. The second-order valence-corrected chi connectivity index (χ2v) is 6.93. The topological polar surface area (TPSA) is 121 Å². The van der Waals surface area contributed by atoms with Gasteiger partial charge in [0, 0.05) is 0 Å². The van der Waals surface area contributed by atoms with Crippen molar-refractivity contribution in [3.05, 3.63) is 41.7 Å². The van der Waals surface area contributed by atoms with Gasteiger partial charge >= 0.3 is 12.3 Å². The Morgan fingerprint density at radius 1 is 1.20 bits per heavy atom. The number of nitrogens with one attached hydrogen (secondary N) is 2. The van der Waals surface area contributed by atoms with Gasteiger partial charge in [-0.15, -0.1) is 0 Å². The molecule has 2 rings (SSSR count). The van der Waals surface area contributed by atoms with Gasteiger partial charge in [0.15, 0.2) is 17.3 Å². The fourth-order valence-corrected chi connectivity index (χ4v) is 2.27. The molecule has 0 radical (unpaired) electrons. The van der Waals surface area contributed by atoms with Crippen LogP contribution in [0.1, 0.15) is 32.0 Å². The molecule has 30 heavy (non-hydrogen) atoms. The standard InChI is InChI=1S/C18H20F3N5O4/c1-17(2,3)30-16(27)26(11-7-5-10(6-8-11)18(19,20)21)15-13(14(22)25-28)24-12(29-4)9-23-15/h5-9,28H,1-4H3,(H2,22,25). The van der Waals surface area contributed by atoms with Crippen LogP contribution in [0.15, 0.2) is 30.5 Å². The number of rotatable bonds is 4. The number of hydroxylamine groups is 1. The summed E-state index contributed by atoms with van der Waals surface area (Å²) >= 11 is 0. The summed E-state index contributed by atoms with van der Waals surface area (Å²) in [6.07, 6.45) is -4.40. The van der Waals surface area contributed by atoms with Crippen molar-refractivity contribution in [3.8, 4) is 5.88 Å². The van der Waals surface area contributed by atoms with E-state index in [9.17, 15) is 18.0 Å². The first-order valence-corrected chi connectivity index (χ1v) is 8.48. The number of amidine groups is 1. The van der Waals surface area contributed by atoms with E-state index in [1.807, 2.05) is 0 Å². The minimum Gasteiger partial charge on any atom is -0.480 e. The highest BCUT2D eigenvalue weighted by molar-refractivity contribution is 6.04. The number of aromatic nitrogens is 2. The highest BCUT2D eigenvalue weighted by Crippen LogP contribution is 2.33. The Balaban J connectivity index is 2.66. The molecule has 2 aromatic rings. The zero-order valence-electron chi connectivity index (χ0n) is 16.5. The molecule has 9 nitrogen and oxygen atoms in total. The number of amides is 1. The first-order chi connectivity index (χ1) is 13.9. The number of hydrogen-bond donors (Lipinski definition) is 3. The van der Waals surface area contributed by atoms with Crippen LogP contribution in [0, 0.1) is 5.41 Å². The molecule has 0 aliphatic heterocycles. The molecule has 162 valence electrons. The first-order valence-electron chi connectivity index (χ1n) is 8.48. The summed E-state index contributed by atoms with van der Waals surface area (Å²) in [5.74, 6) is -0.918. The molecule has 1 heterocycles. The van der Waals surface area contributed by atoms with Gasteiger partial charge in [0.05, 0.1) is 24.6 Å². The van der Waals surface area contributed by atoms with Crippen LogP contribution in [-0.4, -0.2) is 39.8 Å². The summed E-state index contributed by atoms with van der Waals surface area (Å²) in [5, 5.41) is 17.0. The van der Waals surface area contributed by atoms with Crippen LogP contribution in [-0.2, 0) is 10.9 Å². The summed E-state index contributed by atoms with van der Waals surface area (Å²) in [7, 11) is 1.30. The predicted octanol–water partition coefficient (Wildman–Crippen LogP) is 3.88. The molecule has 0 bridgehead atoms. The SMILES string of the molecule is COc1cnc(N(C(=O)OC(C)(C)C)c2ccc(C(F)(F)F)cc2)c(C(=N)NO)n1. The maximum atomic E-state index is 12.9. The van der Waals surface area contributed by atoms with Gasteiger partial charge in [-0.25, -0.2) is 19.7 Å². The number of halogens is 3. The van der Waals surface area contributed by atoms with Crippen LogP contribution in [0.4, 0.5) is 29.5 Å². The van der Waals surface area contributed by atoms with E-state index in [-0.39, 0.29) is 23.1 Å². The van der Waals surface area contributed by atoms with Crippen molar-refractivity contribution in [3.63, 3.8) is 0 Å². The van der Waals surface area contributed by atoms with Crippen LogP contribution in [0.5, 0.6) is 5.88 Å². The van der Waals surface area contributed by atoms with Gasteiger partial charge in [-0.1, -0.05) is 0 Å². The van der Waals surface area contributed by atoms with E-state index < -0.39 is 29.3 Å². The summed E-state index contributed by atoms with van der Waals surface area (Å²) in [4.78, 5) is 21.8. The molecule has 1 aromatic carbocycles. The molecule has 3 N–H and O–H groups in total. The zero-order valence-corrected chi connectivity index (χ0v) is 16.5. The maximum Gasteiger partial charge on any atom is 0.420 e. The summed E-state index contributed by atoms with van der Waals surface area (Å²) in [6.45, 7) is 4.81. The average molecular weight is 427 g/mol. The largest absolute Gasteiger partial charge is 0.480 e. The first kappa shape index (κ1) is 22.9. The number of benzene rings is 1. The number of ether oxygens (including phenoxy) is 2. The Hall–Kier alpha value is -3.41. The fourth-order valence-electron chi connectivity index (χ4n) is 2.27. The Bertz CT molecular complexity index is 927. The van der Waals surface area contributed by atoms with E-state index in [0.29, 0.717) is 0 Å². The van der Waals surface area contributed by atoms with Gasteiger partial charge in [0.25, 0.3) is 0 Å². The normalized spacial score (nSPS) is 11.6. The number of nitrogens with zero attached hydrogens (tertiary/aromatic N) is 3. The monoisotopic (exact) mass is 427 g/mol. The number of methoxy groups -OCH3 is 1. The van der Waals surface area contributed by atoms with Gasteiger partial charge in [-0.3, -0.25) is 16.1 Å². The molecule has 12 heteroatoms. The summed E-state index contributed by atoms with van der Waals surface area (Å²) in [5.41, 5.74) is -0.590.